The largest absolute Gasteiger partial charge is 0.293 e. The van der Waals surface area contributed by atoms with Crippen molar-refractivity contribution in [3.63, 3.8) is 0 Å². The lowest BCUT2D eigenvalue weighted by atomic mass is 9.96. The summed E-state index contributed by atoms with van der Waals surface area (Å²) in [5.41, 5.74) is 5.63. The Bertz CT molecular complexity index is 1430. The number of hydrogen-bond acceptors (Lipinski definition) is 4. The van der Waals surface area contributed by atoms with Crippen molar-refractivity contribution in [1.29, 1.82) is 0 Å². The van der Waals surface area contributed by atoms with Crippen molar-refractivity contribution in [3.8, 4) is 0 Å². The fourth-order valence-electron chi connectivity index (χ4n) is 5.40. The van der Waals surface area contributed by atoms with Gasteiger partial charge < -0.3 is 0 Å². The van der Waals surface area contributed by atoms with E-state index >= 15 is 0 Å². The number of nitrogens with zero attached hydrogens (tertiary/aromatic N) is 4. The molecule has 0 unspecified atom stereocenters. The van der Waals surface area contributed by atoms with E-state index in [-0.39, 0.29) is 11.9 Å². The first kappa shape index (κ1) is 24.6. The Labute approximate surface area is 228 Å². The zero-order chi connectivity index (χ0) is 25.9. The Hall–Kier alpha value is -3.77. The SMILES string of the molecule is O=C1C(=Nc2ccccc2)c2ccccc2N1CN1CCN([C@H](c2ccccc2)c2ccc(Cl)cc2)CC1. The summed E-state index contributed by atoms with van der Waals surface area (Å²) < 4.78 is 0. The lowest BCUT2D eigenvalue weighted by Crippen LogP contribution is -2.51. The van der Waals surface area contributed by atoms with E-state index in [9.17, 15) is 4.79 Å². The van der Waals surface area contributed by atoms with Crippen LogP contribution in [0, 0.1) is 0 Å². The number of anilines is 1. The average Bonchev–Trinajstić information content (AvgIpc) is 3.22. The van der Waals surface area contributed by atoms with Crippen molar-refractivity contribution >= 4 is 34.6 Å². The summed E-state index contributed by atoms with van der Waals surface area (Å²) in [7, 11) is 0. The minimum absolute atomic E-state index is 0.0409. The summed E-state index contributed by atoms with van der Waals surface area (Å²) in [5, 5.41) is 0.746. The van der Waals surface area contributed by atoms with Crippen LogP contribution in [0.2, 0.25) is 5.02 Å². The van der Waals surface area contributed by atoms with Gasteiger partial charge in [0.05, 0.1) is 24.1 Å². The molecule has 1 fully saturated rings. The lowest BCUT2D eigenvalue weighted by Gasteiger charge is -2.40. The number of carbonyl (C=O) groups excluding carboxylic acids is 1. The van der Waals surface area contributed by atoms with Gasteiger partial charge in [-0.2, -0.15) is 0 Å². The molecule has 0 aromatic heterocycles. The predicted molar refractivity (Wildman–Crippen MR) is 154 cm³/mol. The molecule has 6 rings (SSSR count). The molecule has 4 aromatic carbocycles. The van der Waals surface area contributed by atoms with Crippen molar-refractivity contribution in [1.82, 2.24) is 9.80 Å². The van der Waals surface area contributed by atoms with E-state index in [2.05, 4.69) is 52.3 Å². The first-order valence-electron chi connectivity index (χ1n) is 13.0. The van der Waals surface area contributed by atoms with E-state index in [0.717, 1.165) is 48.1 Å². The number of amides is 1. The molecule has 2 aliphatic rings. The third kappa shape index (κ3) is 5.01. The molecule has 5 nitrogen and oxygen atoms in total. The quantitative estimate of drug-likeness (QED) is 0.305. The molecular weight excluding hydrogens is 492 g/mol. The molecular formula is C32H29ClN4O. The minimum Gasteiger partial charge on any atom is -0.293 e. The molecule has 6 heteroatoms. The van der Waals surface area contributed by atoms with E-state index in [1.807, 2.05) is 71.6 Å². The number of halogens is 1. The van der Waals surface area contributed by atoms with E-state index in [1.165, 1.54) is 11.1 Å². The number of hydrogen-bond donors (Lipinski definition) is 0. The molecule has 0 saturated carbocycles. The Morgan fingerprint density at radius 3 is 2.03 bits per heavy atom. The van der Waals surface area contributed by atoms with E-state index in [1.54, 1.807) is 0 Å². The maximum Gasteiger partial charge on any atom is 0.278 e. The molecule has 0 aliphatic carbocycles. The van der Waals surface area contributed by atoms with Crippen LogP contribution in [0.25, 0.3) is 0 Å². The standard InChI is InChI=1S/C32H29ClN4O/c33-26-17-15-25(16-18-26)31(24-9-3-1-4-10-24)36-21-19-35(20-22-36)23-37-29-14-8-7-13-28(29)30(32(37)38)34-27-11-5-2-6-12-27/h1-18,31H,19-23H2/t31-/m1/s1. The second-order valence-corrected chi connectivity index (χ2v) is 10.1. The van der Waals surface area contributed by atoms with Gasteiger partial charge >= 0.3 is 0 Å². The fraction of sp³-hybridized carbons (Fsp3) is 0.188. The van der Waals surface area contributed by atoms with E-state index in [4.69, 9.17) is 16.6 Å². The van der Waals surface area contributed by atoms with Gasteiger partial charge in [0.2, 0.25) is 0 Å². The van der Waals surface area contributed by atoms with Gasteiger partial charge in [-0.25, -0.2) is 4.99 Å². The van der Waals surface area contributed by atoms with Gasteiger partial charge in [-0.15, -0.1) is 0 Å². The number of carbonyl (C=O) groups is 1. The van der Waals surface area contributed by atoms with Crippen LogP contribution in [0.5, 0.6) is 0 Å². The van der Waals surface area contributed by atoms with Crippen LogP contribution in [0.1, 0.15) is 22.7 Å². The highest BCUT2D eigenvalue weighted by molar-refractivity contribution is 6.54. The van der Waals surface area contributed by atoms with Crippen molar-refractivity contribution < 1.29 is 4.79 Å². The van der Waals surface area contributed by atoms with Gasteiger partial charge in [-0.3, -0.25) is 19.5 Å². The number of benzene rings is 4. The summed E-state index contributed by atoms with van der Waals surface area (Å²) in [6.45, 7) is 4.09. The van der Waals surface area contributed by atoms with Crippen LogP contribution in [0.3, 0.4) is 0 Å². The van der Waals surface area contributed by atoms with Crippen LogP contribution in [0.15, 0.2) is 114 Å². The maximum atomic E-state index is 13.6. The monoisotopic (exact) mass is 520 g/mol. The fourth-order valence-corrected chi connectivity index (χ4v) is 5.53. The van der Waals surface area contributed by atoms with Crippen LogP contribution in [0.4, 0.5) is 11.4 Å². The Morgan fingerprint density at radius 2 is 1.32 bits per heavy atom. The number of aliphatic imine (C=N–C) groups is 1. The molecule has 190 valence electrons. The van der Waals surface area contributed by atoms with Crippen molar-refractivity contribution in [2.24, 2.45) is 4.99 Å². The van der Waals surface area contributed by atoms with Crippen molar-refractivity contribution in [3.05, 3.63) is 131 Å². The molecule has 1 saturated heterocycles. The molecule has 2 aliphatic heterocycles. The van der Waals surface area contributed by atoms with Gasteiger partial charge in [0, 0.05) is 36.8 Å². The highest BCUT2D eigenvalue weighted by atomic mass is 35.5. The number of fused-ring (bicyclic) bond motifs is 1. The minimum atomic E-state index is -0.0409. The molecule has 4 aromatic rings. The highest BCUT2D eigenvalue weighted by Crippen LogP contribution is 2.33. The predicted octanol–water partition coefficient (Wildman–Crippen LogP) is 6.17. The maximum absolute atomic E-state index is 13.6. The number of para-hydroxylation sites is 2. The summed E-state index contributed by atoms with van der Waals surface area (Å²) in [4.78, 5) is 25.0. The molecule has 0 radical (unpaired) electrons. The molecule has 0 bridgehead atoms. The molecule has 0 N–H and O–H groups in total. The third-order valence-corrected chi connectivity index (χ3v) is 7.56. The summed E-state index contributed by atoms with van der Waals surface area (Å²) in [6, 6.07) is 36.6. The molecule has 38 heavy (non-hydrogen) atoms. The van der Waals surface area contributed by atoms with Gasteiger partial charge in [-0.1, -0.05) is 90.5 Å². The summed E-state index contributed by atoms with van der Waals surface area (Å²) in [6.07, 6.45) is 0. The van der Waals surface area contributed by atoms with Gasteiger partial charge in [0.1, 0.15) is 5.71 Å². The van der Waals surface area contributed by atoms with Crippen LogP contribution >= 0.6 is 11.6 Å². The second-order valence-electron chi connectivity index (χ2n) is 9.71. The zero-order valence-electron chi connectivity index (χ0n) is 21.1. The number of rotatable bonds is 6. The normalized spacial score (nSPS) is 18.1. The summed E-state index contributed by atoms with van der Waals surface area (Å²) >= 11 is 6.19. The van der Waals surface area contributed by atoms with Gasteiger partial charge in [-0.05, 0) is 41.5 Å². The van der Waals surface area contributed by atoms with Crippen molar-refractivity contribution in [2.45, 2.75) is 6.04 Å². The molecule has 2 heterocycles. The van der Waals surface area contributed by atoms with Gasteiger partial charge in [0.15, 0.2) is 0 Å². The van der Waals surface area contributed by atoms with Crippen LogP contribution in [-0.4, -0.2) is 54.3 Å². The second kappa shape index (κ2) is 10.9. The Balaban J connectivity index is 1.19. The smallest absolute Gasteiger partial charge is 0.278 e. The van der Waals surface area contributed by atoms with E-state index < -0.39 is 0 Å². The van der Waals surface area contributed by atoms with Gasteiger partial charge in [0.25, 0.3) is 5.91 Å². The molecule has 0 spiro atoms. The third-order valence-electron chi connectivity index (χ3n) is 7.31. The van der Waals surface area contributed by atoms with Crippen LogP contribution < -0.4 is 4.90 Å². The van der Waals surface area contributed by atoms with E-state index in [0.29, 0.717) is 12.4 Å². The Kier molecular flexibility index (Phi) is 7.06. The first-order chi connectivity index (χ1) is 18.7. The lowest BCUT2D eigenvalue weighted by molar-refractivity contribution is -0.112. The summed E-state index contributed by atoms with van der Waals surface area (Å²) in [5.74, 6) is -0.0409. The molecule has 1 amide bonds. The van der Waals surface area contributed by atoms with Crippen molar-refractivity contribution in [2.75, 3.05) is 37.7 Å². The molecule has 1 atom stereocenters. The average molecular weight is 521 g/mol. The zero-order valence-corrected chi connectivity index (χ0v) is 21.8. The van der Waals surface area contributed by atoms with Crippen LogP contribution in [-0.2, 0) is 4.79 Å². The first-order valence-corrected chi connectivity index (χ1v) is 13.4. The highest BCUT2D eigenvalue weighted by Gasteiger charge is 2.35. The topological polar surface area (TPSA) is 39.2 Å². The Morgan fingerprint density at radius 1 is 0.711 bits per heavy atom. The number of piperazine rings is 1.